The second kappa shape index (κ2) is 4.35. The molecule has 2 rings (SSSR count). The Balaban J connectivity index is 2.26. The summed E-state index contributed by atoms with van der Waals surface area (Å²) in [4.78, 5) is 12.0. The zero-order chi connectivity index (χ0) is 13.7. The summed E-state index contributed by atoms with van der Waals surface area (Å²) in [5.41, 5.74) is 0.695. The van der Waals surface area contributed by atoms with Crippen LogP contribution in [0.4, 0.5) is 0 Å². The van der Waals surface area contributed by atoms with Gasteiger partial charge in [-0.05, 0) is 47.8 Å². The summed E-state index contributed by atoms with van der Waals surface area (Å²) in [5.74, 6) is 3.11. The van der Waals surface area contributed by atoms with Crippen LogP contribution in [0.2, 0.25) is 0 Å². The Kier molecular flexibility index (Phi) is 3.41. The van der Waals surface area contributed by atoms with E-state index in [9.17, 15) is 4.79 Å². The Morgan fingerprint density at radius 2 is 1.39 bits per heavy atom. The molecule has 104 valence electrons. The fraction of sp³-hybridized carbons (Fsp3) is 0.941. The lowest BCUT2D eigenvalue weighted by Crippen LogP contribution is -2.43. The van der Waals surface area contributed by atoms with E-state index in [0.29, 0.717) is 34.4 Å². The van der Waals surface area contributed by atoms with E-state index in [1.807, 2.05) is 0 Å². The van der Waals surface area contributed by atoms with E-state index in [4.69, 9.17) is 0 Å². The molecule has 0 spiro atoms. The molecular weight excluding hydrogens is 220 g/mol. The van der Waals surface area contributed by atoms with Gasteiger partial charge in [-0.3, -0.25) is 4.79 Å². The van der Waals surface area contributed by atoms with Gasteiger partial charge in [-0.2, -0.15) is 0 Å². The van der Waals surface area contributed by atoms with E-state index in [-0.39, 0.29) is 0 Å². The molecule has 4 unspecified atom stereocenters. The van der Waals surface area contributed by atoms with Crippen molar-refractivity contribution in [2.24, 2.45) is 34.5 Å². The van der Waals surface area contributed by atoms with Crippen LogP contribution in [0, 0.1) is 34.5 Å². The minimum absolute atomic E-state index is 0.325. The predicted molar refractivity (Wildman–Crippen MR) is 76.3 cm³/mol. The van der Waals surface area contributed by atoms with Crippen molar-refractivity contribution in [2.45, 2.75) is 67.2 Å². The molecule has 2 aliphatic carbocycles. The highest BCUT2D eigenvalue weighted by Crippen LogP contribution is 2.55. The third kappa shape index (κ3) is 2.51. The monoisotopic (exact) mass is 250 g/mol. The van der Waals surface area contributed by atoms with E-state index >= 15 is 0 Å². The molecule has 0 aromatic heterocycles. The van der Waals surface area contributed by atoms with Gasteiger partial charge in [0, 0.05) is 12.3 Å². The maximum absolute atomic E-state index is 12.0. The zero-order valence-corrected chi connectivity index (χ0v) is 13.0. The maximum atomic E-state index is 12.0. The molecule has 0 N–H and O–H groups in total. The van der Waals surface area contributed by atoms with Crippen molar-refractivity contribution in [1.82, 2.24) is 0 Å². The van der Waals surface area contributed by atoms with Gasteiger partial charge in [0.05, 0.1) is 0 Å². The molecular formula is C17H30O. The summed E-state index contributed by atoms with van der Waals surface area (Å²) < 4.78 is 0. The molecule has 2 saturated carbocycles. The first-order chi connectivity index (χ1) is 8.10. The van der Waals surface area contributed by atoms with Gasteiger partial charge in [0.2, 0.25) is 0 Å². The lowest BCUT2D eigenvalue weighted by atomic mass is 9.55. The van der Waals surface area contributed by atoms with Crippen molar-refractivity contribution in [3.63, 3.8) is 0 Å². The molecule has 2 fully saturated rings. The van der Waals surface area contributed by atoms with Crippen LogP contribution in [0.25, 0.3) is 0 Å². The van der Waals surface area contributed by atoms with Gasteiger partial charge >= 0.3 is 0 Å². The first kappa shape index (κ1) is 14.1. The Bertz CT molecular complexity index is 328. The lowest BCUT2D eigenvalue weighted by molar-refractivity contribution is -0.124. The molecule has 0 amide bonds. The number of fused-ring (bicyclic) bond motifs is 1. The highest BCUT2D eigenvalue weighted by molar-refractivity contribution is 5.83. The van der Waals surface area contributed by atoms with E-state index in [2.05, 4.69) is 41.5 Å². The van der Waals surface area contributed by atoms with Crippen LogP contribution < -0.4 is 0 Å². The van der Waals surface area contributed by atoms with Crippen LogP contribution in [-0.2, 0) is 4.79 Å². The topological polar surface area (TPSA) is 17.1 Å². The van der Waals surface area contributed by atoms with E-state index in [1.165, 1.54) is 6.42 Å². The molecule has 1 nitrogen and oxygen atoms in total. The number of Topliss-reactive ketones (excluding diaryl/α,β-unsaturated/α-hetero) is 1. The van der Waals surface area contributed by atoms with Crippen LogP contribution >= 0.6 is 0 Å². The standard InChI is InChI=1S/C17H30O/c1-16(2,3)13-9-11-7-8-15(18)12(11)10-14(13)17(4,5)6/h11-14H,7-10H2,1-6H3. The lowest BCUT2D eigenvalue weighted by Gasteiger charge is -2.50. The fourth-order valence-corrected chi connectivity index (χ4v) is 4.43. The van der Waals surface area contributed by atoms with Gasteiger partial charge in [0.1, 0.15) is 5.78 Å². The summed E-state index contributed by atoms with van der Waals surface area (Å²) in [5, 5.41) is 0. The smallest absolute Gasteiger partial charge is 0.136 e. The minimum Gasteiger partial charge on any atom is -0.299 e. The zero-order valence-electron chi connectivity index (χ0n) is 13.0. The first-order valence-corrected chi connectivity index (χ1v) is 7.63. The van der Waals surface area contributed by atoms with Crippen molar-refractivity contribution >= 4 is 5.78 Å². The molecule has 4 atom stereocenters. The molecule has 2 aliphatic rings. The van der Waals surface area contributed by atoms with Crippen molar-refractivity contribution in [3.05, 3.63) is 0 Å². The summed E-state index contributed by atoms with van der Waals surface area (Å²) in [7, 11) is 0. The van der Waals surface area contributed by atoms with Gasteiger partial charge in [-0.25, -0.2) is 0 Å². The van der Waals surface area contributed by atoms with Gasteiger partial charge in [-0.1, -0.05) is 41.5 Å². The van der Waals surface area contributed by atoms with E-state index in [0.717, 1.165) is 25.2 Å². The molecule has 0 radical (unpaired) electrons. The average molecular weight is 250 g/mol. The SMILES string of the molecule is CC(C)(C)C1CC2CCC(=O)C2CC1C(C)(C)C. The van der Waals surface area contributed by atoms with Gasteiger partial charge in [0.15, 0.2) is 0 Å². The van der Waals surface area contributed by atoms with Crippen molar-refractivity contribution in [3.8, 4) is 0 Å². The molecule has 0 heterocycles. The van der Waals surface area contributed by atoms with Gasteiger partial charge in [-0.15, -0.1) is 0 Å². The fourth-order valence-electron chi connectivity index (χ4n) is 4.43. The number of carbonyl (C=O) groups is 1. The van der Waals surface area contributed by atoms with Crippen molar-refractivity contribution in [2.75, 3.05) is 0 Å². The number of ketones is 1. The number of hydrogen-bond donors (Lipinski definition) is 0. The summed E-state index contributed by atoms with van der Waals surface area (Å²) >= 11 is 0. The number of carbonyl (C=O) groups excluding carboxylic acids is 1. The van der Waals surface area contributed by atoms with Gasteiger partial charge in [0.25, 0.3) is 0 Å². The maximum Gasteiger partial charge on any atom is 0.136 e. The Morgan fingerprint density at radius 3 is 1.89 bits per heavy atom. The van der Waals surface area contributed by atoms with Crippen LogP contribution in [0.15, 0.2) is 0 Å². The highest BCUT2D eigenvalue weighted by atomic mass is 16.1. The molecule has 1 heteroatoms. The molecule has 18 heavy (non-hydrogen) atoms. The second-order valence-electron chi connectivity index (χ2n) is 8.79. The summed E-state index contributed by atoms with van der Waals surface area (Å²) in [6.07, 6.45) is 4.44. The quantitative estimate of drug-likeness (QED) is 0.609. The number of rotatable bonds is 0. The molecule has 0 saturated heterocycles. The van der Waals surface area contributed by atoms with E-state index < -0.39 is 0 Å². The van der Waals surface area contributed by atoms with Crippen molar-refractivity contribution in [1.29, 1.82) is 0 Å². The van der Waals surface area contributed by atoms with Crippen LogP contribution in [0.3, 0.4) is 0 Å². The van der Waals surface area contributed by atoms with Gasteiger partial charge < -0.3 is 0 Å². The van der Waals surface area contributed by atoms with Crippen LogP contribution in [0.5, 0.6) is 0 Å². The first-order valence-electron chi connectivity index (χ1n) is 7.63. The molecule has 0 aliphatic heterocycles. The van der Waals surface area contributed by atoms with Crippen molar-refractivity contribution < 1.29 is 4.79 Å². The highest BCUT2D eigenvalue weighted by Gasteiger charge is 2.49. The third-order valence-electron chi connectivity index (χ3n) is 5.52. The summed E-state index contributed by atoms with van der Waals surface area (Å²) in [6, 6.07) is 0. The molecule has 0 aromatic carbocycles. The van der Waals surface area contributed by atoms with E-state index in [1.54, 1.807) is 0 Å². The predicted octanol–water partition coefficient (Wildman–Crippen LogP) is 4.70. The normalized spacial score (nSPS) is 37.8. The Morgan fingerprint density at radius 1 is 0.889 bits per heavy atom. The Hall–Kier alpha value is -0.330. The van der Waals surface area contributed by atoms with Crippen LogP contribution in [-0.4, -0.2) is 5.78 Å². The second-order valence-corrected chi connectivity index (χ2v) is 8.79. The summed E-state index contributed by atoms with van der Waals surface area (Å²) in [6.45, 7) is 14.2. The van der Waals surface area contributed by atoms with Crippen LogP contribution in [0.1, 0.15) is 67.2 Å². The number of hydrogen-bond acceptors (Lipinski definition) is 1. The molecule has 0 aromatic rings. The minimum atomic E-state index is 0.325. The largest absolute Gasteiger partial charge is 0.299 e. The molecule has 0 bridgehead atoms. The average Bonchev–Trinajstić information content (AvgIpc) is 2.56. The Labute approximate surface area is 113 Å². The third-order valence-corrected chi connectivity index (χ3v) is 5.52.